The predicted octanol–water partition coefficient (Wildman–Crippen LogP) is -0.530. The van der Waals surface area contributed by atoms with Gasteiger partial charge in [-0.2, -0.15) is 0 Å². The van der Waals surface area contributed by atoms with Crippen LogP contribution in [0.5, 0.6) is 0 Å². The molecule has 114 valence electrons. The Labute approximate surface area is 118 Å². The molecule has 1 fully saturated rings. The van der Waals surface area contributed by atoms with E-state index in [0.29, 0.717) is 6.42 Å². The molecule has 1 aliphatic rings. The maximum Gasteiger partial charge on any atom is 0.305 e. The molecule has 2 unspecified atom stereocenters. The summed E-state index contributed by atoms with van der Waals surface area (Å²) >= 11 is 0. The maximum absolute atomic E-state index is 12.1. The number of carboxylic acid groups (broad SMARTS) is 1. The highest BCUT2D eigenvalue weighted by Gasteiger charge is 2.28. The van der Waals surface area contributed by atoms with Crippen LogP contribution in [0.15, 0.2) is 0 Å². The van der Waals surface area contributed by atoms with Crippen LogP contribution in [0.4, 0.5) is 0 Å². The van der Waals surface area contributed by atoms with E-state index in [1.54, 1.807) is 0 Å². The lowest BCUT2D eigenvalue weighted by atomic mass is 9.87. The molecule has 1 heterocycles. The molecule has 2 amide bonds. The minimum Gasteiger partial charge on any atom is -0.481 e. The van der Waals surface area contributed by atoms with Crippen LogP contribution in [-0.4, -0.2) is 48.1 Å². The molecule has 1 rings (SSSR count). The molecule has 0 aliphatic carbocycles. The van der Waals surface area contributed by atoms with Gasteiger partial charge in [-0.1, -0.05) is 20.8 Å². The molecule has 7 heteroatoms. The molecule has 0 saturated carbocycles. The Morgan fingerprint density at radius 1 is 1.45 bits per heavy atom. The summed E-state index contributed by atoms with van der Waals surface area (Å²) in [6, 6.07) is -0.927. The van der Waals surface area contributed by atoms with Crippen LogP contribution < -0.4 is 16.0 Å². The van der Waals surface area contributed by atoms with Gasteiger partial charge in [0.05, 0.1) is 13.0 Å². The highest BCUT2D eigenvalue weighted by molar-refractivity contribution is 5.87. The van der Waals surface area contributed by atoms with Crippen molar-refractivity contribution in [3.8, 4) is 0 Å². The Balaban J connectivity index is 2.57. The first-order valence-electron chi connectivity index (χ1n) is 6.69. The van der Waals surface area contributed by atoms with Crippen LogP contribution in [0, 0.1) is 5.41 Å². The first-order chi connectivity index (χ1) is 9.17. The van der Waals surface area contributed by atoms with E-state index in [1.165, 1.54) is 0 Å². The van der Waals surface area contributed by atoms with Gasteiger partial charge < -0.3 is 15.7 Å². The molecule has 20 heavy (non-hydrogen) atoms. The Hall–Kier alpha value is -1.63. The van der Waals surface area contributed by atoms with E-state index in [2.05, 4.69) is 16.0 Å². The summed E-state index contributed by atoms with van der Waals surface area (Å²) in [4.78, 5) is 33.9. The van der Waals surface area contributed by atoms with Gasteiger partial charge in [0.15, 0.2) is 0 Å². The zero-order valence-electron chi connectivity index (χ0n) is 12.2. The molecule has 0 aromatic rings. The molecule has 0 spiro atoms. The van der Waals surface area contributed by atoms with Crippen LogP contribution in [0.2, 0.25) is 0 Å². The van der Waals surface area contributed by atoms with E-state index in [0.717, 1.165) is 0 Å². The summed E-state index contributed by atoms with van der Waals surface area (Å²) in [5, 5.41) is 17.1. The second-order valence-corrected chi connectivity index (χ2v) is 6.31. The predicted molar refractivity (Wildman–Crippen MR) is 73.1 cm³/mol. The molecule has 1 saturated heterocycles. The van der Waals surface area contributed by atoms with Gasteiger partial charge in [-0.15, -0.1) is 0 Å². The molecule has 2 atom stereocenters. The van der Waals surface area contributed by atoms with E-state index >= 15 is 0 Å². The zero-order chi connectivity index (χ0) is 15.3. The normalized spacial score (nSPS) is 20.9. The SMILES string of the molecule is CC(C)(C)CC(CC(=O)O)NC(=O)C1CNC(=O)CN1. The molecule has 0 bridgehead atoms. The Bertz CT molecular complexity index is 380. The van der Waals surface area contributed by atoms with Crippen LogP contribution >= 0.6 is 0 Å². The number of piperazine rings is 1. The van der Waals surface area contributed by atoms with Crippen LogP contribution in [0.25, 0.3) is 0 Å². The standard InChI is InChI=1S/C13H23N3O4/c1-13(2,3)5-8(4-11(18)19)16-12(20)9-6-15-10(17)7-14-9/h8-9,14H,4-7H2,1-3H3,(H,15,17)(H,16,20)(H,18,19). The largest absolute Gasteiger partial charge is 0.481 e. The average Bonchev–Trinajstić information content (AvgIpc) is 2.26. The Morgan fingerprint density at radius 3 is 2.55 bits per heavy atom. The van der Waals surface area contributed by atoms with Crippen molar-refractivity contribution in [2.45, 2.75) is 45.7 Å². The van der Waals surface area contributed by atoms with Crippen molar-refractivity contribution in [2.75, 3.05) is 13.1 Å². The average molecular weight is 285 g/mol. The first-order valence-corrected chi connectivity index (χ1v) is 6.69. The monoisotopic (exact) mass is 285 g/mol. The second kappa shape index (κ2) is 6.69. The van der Waals surface area contributed by atoms with Gasteiger partial charge in [0, 0.05) is 12.6 Å². The van der Waals surface area contributed by atoms with E-state index in [1.807, 2.05) is 20.8 Å². The summed E-state index contributed by atoms with van der Waals surface area (Å²) in [7, 11) is 0. The lowest BCUT2D eigenvalue weighted by Gasteiger charge is -2.29. The van der Waals surface area contributed by atoms with Crippen molar-refractivity contribution in [3.05, 3.63) is 0 Å². The minimum absolute atomic E-state index is 0.0817. The first kappa shape index (κ1) is 16.4. The quantitative estimate of drug-likeness (QED) is 0.543. The van der Waals surface area contributed by atoms with E-state index in [4.69, 9.17) is 5.11 Å². The molecule has 0 aromatic heterocycles. The van der Waals surface area contributed by atoms with Gasteiger partial charge in [0.2, 0.25) is 11.8 Å². The number of rotatable bonds is 5. The van der Waals surface area contributed by atoms with Crippen molar-refractivity contribution in [3.63, 3.8) is 0 Å². The highest BCUT2D eigenvalue weighted by atomic mass is 16.4. The fraction of sp³-hybridized carbons (Fsp3) is 0.769. The third-order valence-electron chi connectivity index (χ3n) is 2.96. The number of carbonyl (C=O) groups excluding carboxylic acids is 2. The molecular weight excluding hydrogens is 262 g/mol. The van der Waals surface area contributed by atoms with Crippen molar-refractivity contribution >= 4 is 17.8 Å². The fourth-order valence-electron chi connectivity index (χ4n) is 2.18. The van der Waals surface area contributed by atoms with Gasteiger partial charge >= 0.3 is 5.97 Å². The topological polar surface area (TPSA) is 108 Å². The van der Waals surface area contributed by atoms with Crippen molar-refractivity contribution in [1.29, 1.82) is 0 Å². The number of hydrogen-bond acceptors (Lipinski definition) is 4. The molecule has 0 radical (unpaired) electrons. The van der Waals surface area contributed by atoms with Gasteiger partial charge in [0.25, 0.3) is 0 Å². The van der Waals surface area contributed by atoms with Crippen molar-refractivity contribution < 1.29 is 19.5 Å². The third kappa shape index (κ3) is 6.01. The number of nitrogens with one attached hydrogen (secondary N) is 3. The smallest absolute Gasteiger partial charge is 0.305 e. The summed E-state index contributed by atoms with van der Waals surface area (Å²) in [6.07, 6.45) is 0.464. The number of carbonyl (C=O) groups is 3. The maximum atomic E-state index is 12.1. The van der Waals surface area contributed by atoms with E-state index < -0.39 is 18.1 Å². The summed E-state index contributed by atoms with van der Waals surface area (Å²) in [5.41, 5.74) is -0.0817. The molecule has 0 aromatic carbocycles. The zero-order valence-corrected chi connectivity index (χ0v) is 12.2. The third-order valence-corrected chi connectivity index (χ3v) is 2.96. The van der Waals surface area contributed by atoms with Crippen LogP contribution in [0.1, 0.15) is 33.6 Å². The van der Waals surface area contributed by atoms with Crippen LogP contribution in [0.3, 0.4) is 0 Å². The summed E-state index contributed by atoms with van der Waals surface area (Å²) in [5.74, 6) is -1.37. The number of hydrogen-bond donors (Lipinski definition) is 4. The Morgan fingerprint density at radius 2 is 2.10 bits per heavy atom. The lowest BCUT2D eigenvalue weighted by molar-refractivity contribution is -0.138. The Kier molecular flexibility index (Phi) is 5.50. The van der Waals surface area contributed by atoms with Gasteiger partial charge in [-0.3, -0.25) is 19.7 Å². The summed E-state index contributed by atoms with van der Waals surface area (Å²) in [6.45, 7) is 6.30. The van der Waals surface area contributed by atoms with Gasteiger partial charge in [-0.25, -0.2) is 0 Å². The van der Waals surface area contributed by atoms with E-state index in [9.17, 15) is 14.4 Å². The fourth-order valence-corrected chi connectivity index (χ4v) is 2.18. The number of carboxylic acids is 1. The van der Waals surface area contributed by atoms with Gasteiger partial charge in [-0.05, 0) is 11.8 Å². The van der Waals surface area contributed by atoms with Gasteiger partial charge in [0.1, 0.15) is 6.04 Å². The molecular formula is C13H23N3O4. The van der Waals surface area contributed by atoms with Crippen molar-refractivity contribution in [1.82, 2.24) is 16.0 Å². The van der Waals surface area contributed by atoms with Crippen LogP contribution in [-0.2, 0) is 14.4 Å². The molecule has 4 N–H and O–H groups in total. The second-order valence-electron chi connectivity index (χ2n) is 6.31. The van der Waals surface area contributed by atoms with Crippen molar-refractivity contribution in [2.24, 2.45) is 5.41 Å². The molecule has 7 nitrogen and oxygen atoms in total. The van der Waals surface area contributed by atoms with E-state index in [-0.39, 0.29) is 36.7 Å². The lowest BCUT2D eigenvalue weighted by Crippen LogP contribution is -2.59. The highest BCUT2D eigenvalue weighted by Crippen LogP contribution is 2.22. The molecule has 1 aliphatic heterocycles. The number of aliphatic carboxylic acids is 1. The summed E-state index contributed by atoms with van der Waals surface area (Å²) < 4.78 is 0. The minimum atomic E-state index is -0.940. The number of amides is 2.